The summed E-state index contributed by atoms with van der Waals surface area (Å²) in [6.45, 7) is 1.97. The normalized spacial score (nSPS) is 19.5. The number of benzene rings is 1. The summed E-state index contributed by atoms with van der Waals surface area (Å²) in [6.07, 6.45) is 1.72. The fourth-order valence-corrected chi connectivity index (χ4v) is 3.53. The summed E-state index contributed by atoms with van der Waals surface area (Å²) in [7, 11) is 0. The van der Waals surface area contributed by atoms with Gasteiger partial charge in [0.05, 0.1) is 4.91 Å². The van der Waals surface area contributed by atoms with Crippen molar-refractivity contribution in [3.63, 3.8) is 0 Å². The maximum absolute atomic E-state index is 12.0. The molecule has 22 heavy (non-hydrogen) atoms. The van der Waals surface area contributed by atoms with Crippen molar-refractivity contribution in [2.24, 2.45) is 0 Å². The molecule has 1 saturated heterocycles. The molecule has 0 saturated carbocycles. The van der Waals surface area contributed by atoms with Gasteiger partial charge >= 0.3 is 0 Å². The van der Waals surface area contributed by atoms with Gasteiger partial charge in [-0.05, 0) is 58.7 Å². The van der Waals surface area contributed by atoms with Crippen LogP contribution in [0.1, 0.15) is 11.3 Å². The Morgan fingerprint density at radius 1 is 1.41 bits per heavy atom. The summed E-state index contributed by atoms with van der Waals surface area (Å²) < 4.78 is 6.02. The van der Waals surface area contributed by atoms with Crippen molar-refractivity contribution in [3.8, 4) is 0 Å². The van der Waals surface area contributed by atoms with Gasteiger partial charge < -0.3 is 15.1 Å². The zero-order valence-electron chi connectivity index (χ0n) is 11.5. The number of furan rings is 1. The minimum absolute atomic E-state index is 0.123. The summed E-state index contributed by atoms with van der Waals surface area (Å²) in [4.78, 5) is 12.6. The molecule has 2 aromatic rings. The second kappa shape index (κ2) is 6.40. The molecule has 7 heteroatoms. The van der Waals surface area contributed by atoms with Crippen molar-refractivity contribution < 1.29 is 9.21 Å². The van der Waals surface area contributed by atoms with Gasteiger partial charge in [0.25, 0.3) is 5.91 Å². The second-order valence-corrected chi connectivity index (χ2v) is 7.09. The average molecular weight is 400 g/mol. The van der Waals surface area contributed by atoms with Gasteiger partial charge in [-0.15, -0.1) is 0 Å². The van der Waals surface area contributed by atoms with Crippen LogP contribution >= 0.6 is 39.3 Å². The molecule has 114 valence electrons. The van der Waals surface area contributed by atoms with Crippen molar-refractivity contribution in [2.75, 3.05) is 5.32 Å². The largest absolute Gasteiger partial charge is 0.450 e. The Balaban J connectivity index is 1.73. The highest BCUT2D eigenvalue weighted by molar-refractivity contribution is 9.10. The topological polar surface area (TPSA) is 54.3 Å². The van der Waals surface area contributed by atoms with E-state index in [1.807, 2.05) is 25.1 Å². The number of rotatable bonds is 3. The van der Waals surface area contributed by atoms with E-state index in [1.165, 1.54) is 11.8 Å². The first-order chi connectivity index (χ1) is 10.5. The SMILES string of the molecule is Cc1cc(Cl)ccc1NC1NC(=O)/C(=C/c2ccc(Br)o2)S1. The molecule has 1 fully saturated rings. The molecule has 1 unspecified atom stereocenters. The van der Waals surface area contributed by atoms with Gasteiger partial charge in [0.15, 0.2) is 10.2 Å². The molecule has 0 radical (unpaired) electrons. The maximum Gasteiger partial charge on any atom is 0.260 e. The lowest BCUT2D eigenvalue weighted by atomic mass is 10.2. The number of hydrogen-bond acceptors (Lipinski definition) is 4. The third-order valence-electron chi connectivity index (χ3n) is 3.07. The van der Waals surface area contributed by atoms with E-state index in [2.05, 4.69) is 26.6 Å². The molecule has 1 atom stereocenters. The maximum atomic E-state index is 12.0. The molecule has 1 amide bonds. The summed E-state index contributed by atoms with van der Waals surface area (Å²) in [6, 6.07) is 9.18. The van der Waals surface area contributed by atoms with Crippen LogP contribution in [-0.2, 0) is 4.79 Å². The van der Waals surface area contributed by atoms with Gasteiger partial charge in [-0.3, -0.25) is 4.79 Å². The fraction of sp³-hybridized carbons (Fsp3) is 0.133. The molecule has 2 N–H and O–H groups in total. The van der Waals surface area contributed by atoms with Crippen molar-refractivity contribution >= 4 is 57.0 Å². The van der Waals surface area contributed by atoms with Crippen LogP contribution in [0.3, 0.4) is 0 Å². The van der Waals surface area contributed by atoms with Crippen molar-refractivity contribution in [2.45, 2.75) is 12.4 Å². The third-order valence-corrected chi connectivity index (χ3v) is 4.76. The Morgan fingerprint density at radius 3 is 2.91 bits per heavy atom. The first kappa shape index (κ1) is 15.5. The molecule has 1 aliphatic rings. The second-order valence-electron chi connectivity index (χ2n) is 4.73. The summed E-state index contributed by atoms with van der Waals surface area (Å²) in [5, 5.41) is 6.85. The molecule has 4 nitrogen and oxygen atoms in total. The number of thioether (sulfide) groups is 1. The molecule has 0 bridgehead atoms. The molecule has 1 aromatic heterocycles. The van der Waals surface area contributed by atoms with Crippen molar-refractivity contribution in [1.82, 2.24) is 5.32 Å². The number of nitrogens with one attached hydrogen (secondary N) is 2. The molecular weight excluding hydrogens is 388 g/mol. The van der Waals surface area contributed by atoms with Gasteiger partial charge in [-0.2, -0.15) is 0 Å². The van der Waals surface area contributed by atoms with Crippen LogP contribution in [0.25, 0.3) is 6.08 Å². The quantitative estimate of drug-likeness (QED) is 0.740. The fourth-order valence-electron chi connectivity index (χ4n) is 2.03. The lowest BCUT2D eigenvalue weighted by Crippen LogP contribution is -2.31. The number of anilines is 1. The highest BCUT2D eigenvalue weighted by Gasteiger charge is 2.27. The Bertz CT molecular complexity index is 760. The standard InChI is InChI=1S/C15H12BrClN2O2S/c1-8-6-9(17)2-4-11(8)18-15-19-14(20)12(22-15)7-10-3-5-13(16)21-10/h2-7,15,18H,1H3,(H,19,20)/b12-7-. The number of aryl methyl sites for hydroxylation is 1. The molecule has 3 rings (SSSR count). The van der Waals surface area contributed by atoms with E-state index >= 15 is 0 Å². The van der Waals surface area contributed by atoms with Crippen LogP contribution in [0.15, 0.2) is 44.3 Å². The molecule has 0 spiro atoms. The van der Waals surface area contributed by atoms with E-state index in [9.17, 15) is 4.79 Å². The van der Waals surface area contributed by atoms with Gasteiger partial charge in [0, 0.05) is 16.8 Å². The lowest BCUT2D eigenvalue weighted by molar-refractivity contribution is -0.116. The zero-order valence-corrected chi connectivity index (χ0v) is 14.7. The molecule has 1 aromatic carbocycles. The average Bonchev–Trinajstić information content (AvgIpc) is 3.00. The van der Waals surface area contributed by atoms with Crippen LogP contribution in [0.5, 0.6) is 0 Å². The number of halogens is 2. The van der Waals surface area contributed by atoms with Crippen LogP contribution < -0.4 is 10.6 Å². The number of hydrogen-bond donors (Lipinski definition) is 2. The van der Waals surface area contributed by atoms with E-state index < -0.39 is 0 Å². The van der Waals surface area contributed by atoms with Crippen LogP contribution in [0.2, 0.25) is 5.02 Å². The Labute approximate surface area is 145 Å². The summed E-state index contributed by atoms with van der Waals surface area (Å²) in [5.74, 6) is 0.509. The number of carbonyl (C=O) groups excluding carboxylic acids is 1. The highest BCUT2D eigenvalue weighted by atomic mass is 79.9. The summed E-state index contributed by atoms with van der Waals surface area (Å²) >= 11 is 10.6. The molecular formula is C15H12BrClN2O2S. The summed E-state index contributed by atoms with van der Waals surface area (Å²) in [5.41, 5.74) is 1.73. The van der Waals surface area contributed by atoms with E-state index in [0.717, 1.165) is 11.3 Å². The van der Waals surface area contributed by atoms with E-state index in [-0.39, 0.29) is 11.4 Å². The number of amides is 1. The van der Waals surface area contributed by atoms with Gasteiger partial charge in [-0.1, -0.05) is 23.4 Å². The van der Waals surface area contributed by atoms with Crippen LogP contribution in [0.4, 0.5) is 5.69 Å². The monoisotopic (exact) mass is 398 g/mol. The van der Waals surface area contributed by atoms with Crippen molar-refractivity contribution in [1.29, 1.82) is 0 Å². The third kappa shape index (κ3) is 3.51. The minimum atomic E-state index is -0.225. The van der Waals surface area contributed by atoms with Crippen LogP contribution in [0, 0.1) is 6.92 Å². The first-order valence-electron chi connectivity index (χ1n) is 6.48. The lowest BCUT2D eigenvalue weighted by Gasteiger charge is -2.14. The van der Waals surface area contributed by atoms with Crippen LogP contribution in [-0.4, -0.2) is 11.4 Å². The molecule has 0 aliphatic carbocycles. The zero-order chi connectivity index (χ0) is 15.7. The first-order valence-corrected chi connectivity index (χ1v) is 8.53. The van der Waals surface area contributed by atoms with E-state index in [4.69, 9.17) is 16.0 Å². The predicted octanol–water partition coefficient (Wildman–Crippen LogP) is 4.60. The Kier molecular flexibility index (Phi) is 4.52. The van der Waals surface area contributed by atoms with Gasteiger partial charge in [-0.25, -0.2) is 0 Å². The van der Waals surface area contributed by atoms with E-state index in [0.29, 0.717) is 20.4 Å². The van der Waals surface area contributed by atoms with Gasteiger partial charge in [0.1, 0.15) is 5.76 Å². The molecule has 2 heterocycles. The highest BCUT2D eigenvalue weighted by Crippen LogP contribution is 2.32. The Hall–Kier alpha value is -1.37. The van der Waals surface area contributed by atoms with Gasteiger partial charge in [0.2, 0.25) is 0 Å². The molecule has 1 aliphatic heterocycles. The van der Waals surface area contributed by atoms with E-state index in [1.54, 1.807) is 18.2 Å². The predicted molar refractivity (Wildman–Crippen MR) is 93.7 cm³/mol. The minimum Gasteiger partial charge on any atom is -0.450 e. The Morgan fingerprint density at radius 2 is 2.23 bits per heavy atom. The number of carbonyl (C=O) groups is 1. The smallest absolute Gasteiger partial charge is 0.260 e. The van der Waals surface area contributed by atoms with Crippen molar-refractivity contribution in [3.05, 3.63) is 56.3 Å².